The van der Waals surface area contributed by atoms with Crippen molar-refractivity contribution in [2.45, 2.75) is 19.3 Å². The number of hydrogen-bond donors (Lipinski definition) is 1. The second kappa shape index (κ2) is 5.10. The number of hydrogen-bond acceptors (Lipinski definition) is 3. The molecule has 1 unspecified atom stereocenters. The van der Waals surface area contributed by atoms with E-state index < -0.39 is 11.9 Å². The zero-order valence-electron chi connectivity index (χ0n) is 9.46. The fourth-order valence-electron chi connectivity index (χ4n) is 1.70. The predicted octanol–water partition coefficient (Wildman–Crippen LogP) is 2.92. The van der Waals surface area contributed by atoms with Crippen molar-refractivity contribution < 1.29 is 9.90 Å². The second-order valence-electron chi connectivity index (χ2n) is 3.69. The maximum Gasteiger partial charge on any atom is 0.316 e. The summed E-state index contributed by atoms with van der Waals surface area (Å²) in [4.78, 5) is 16.4. The molecule has 1 atom stereocenters. The van der Waals surface area contributed by atoms with Crippen LogP contribution in [0.25, 0.3) is 0 Å². The van der Waals surface area contributed by atoms with Crippen molar-refractivity contribution in [1.82, 2.24) is 4.98 Å². The molecule has 0 aliphatic rings. The van der Waals surface area contributed by atoms with Crippen LogP contribution in [0, 0.1) is 0 Å². The SMILES string of the molecule is CCc1ncc(C(C(=O)O)c2ccccc2)s1. The predicted molar refractivity (Wildman–Crippen MR) is 67.4 cm³/mol. The van der Waals surface area contributed by atoms with Crippen LogP contribution in [-0.2, 0) is 11.2 Å². The molecule has 3 nitrogen and oxygen atoms in total. The van der Waals surface area contributed by atoms with Crippen LogP contribution in [0.5, 0.6) is 0 Å². The Bertz CT molecular complexity index is 507. The molecule has 0 amide bonds. The molecule has 0 aliphatic carbocycles. The highest BCUT2D eigenvalue weighted by atomic mass is 32.1. The fraction of sp³-hybridized carbons (Fsp3) is 0.231. The summed E-state index contributed by atoms with van der Waals surface area (Å²) in [5, 5.41) is 10.3. The zero-order chi connectivity index (χ0) is 12.3. The first kappa shape index (κ1) is 11.8. The molecular formula is C13H13NO2S. The van der Waals surface area contributed by atoms with Crippen LogP contribution in [-0.4, -0.2) is 16.1 Å². The summed E-state index contributed by atoms with van der Waals surface area (Å²) < 4.78 is 0. The van der Waals surface area contributed by atoms with Crippen molar-refractivity contribution in [2.75, 3.05) is 0 Å². The van der Waals surface area contributed by atoms with Crippen molar-refractivity contribution in [1.29, 1.82) is 0 Å². The van der Waals surface area contributed by atoms with Gasteiger partial charge in [0.1, 0.15) is 5.92 Å². The number of thiazole rings is 1. The molecule has 1 heterocycles. The van der Waals surface area contributed by atoms with Crippen molar-refractivity contribution in [3.8, 4) is 0 Å². The molecule has 0 saturated heterocycles. The van der Waals surface area contributed by atoms with Gasteiger partial charge in [-0.15, -0.1) is 11.3 Å². The summed E-state index contributed by atoms with van der Waals surface area (Å²) in [5.74, 6) is -1.43. The Morgan fingerprint density at radius 3 is 2.65 bits per heavy atom. The third-order valence-corrected chi connectivity index (χ3v) is 3.74. The van der Waals surface area contributed by atoms with Gasteiger partial charge in [0.05, 0.1) is 5.01 Å². The Labute approximate surface area is 104 Å². The highest BCUT2D eigenvalue weighted by Gasteiger charge is 2.23. The summed E-state index contributed by atoms with van der Waals surface area (Å²) in [5.41, 5.74) is 0.798. The molecule has 0 radical (unpaired) electrons. The maximum absolute atomic E-state index is 11.4. The highest BCUT2D eigenvalue weighted by molar-refractivity contribution is 7.11. The van der Waals surface area contributed by atoms with E-state index in [4.69, 9.17) is 0 Å². The minimum absolute atomic E-state index is 0.603. The second-order valence-corrected chi connectivity index (χ2v) is 4.84. The summed E-state index contributed by atoms with van der Waals surface area (Å²) in [6.07, 6.45) is 2.51. The minimum atomic E-state index is -0.831. The van der Waals surface area contributed by atoms with Crippen LogP contribution in [0.1, 0.15) is 28.3 Å². The lowest BCUT2D eigenvalue weighted by molar-refractivity contribution is -0.137. The Kier molecular flexibility index (Phi) is 3.54. The molecular weight excluding hydrogens is 234 g/mol. The molecule has 17 heavy (non-hydrogen) atoms. The first-order valence-corrected chi connectivity index (χ1v) is 6.26. The zero-order valence-corrected chi connectivity index (χ0v) is 10.3. The monoisotopic (exact) mass is 247 g/mol. The summed E-state index contributed by atoms with van der Waals surface area (Å²) >= 11 is 1.47. The normalized spacial score (nSPS) is 12.3. The molecule has 2 aromatic rings. The van der Waals surface area contributed by atoms with Crippen molar-refractivity contribution in [2.24, 2.45) is 0 Å². The van der Waals surface area contributed by atoms with Gasteiger partial charge in [0.15, 0.2) is 0 Å². The molecule has 1 N–H and O–H groups in total. The number of benzene rings is 1. The average molecular weight is 247 g/mol. The highest BCUT2D eigenvalue weighted by Crippen LogP contribution is 2.29. The van der Waals surface area contributed by atoms with Crippen LogP contribution in [0.2, 0.25) is 0 Å². The number of rotatable bonds is 4. The van der Waals surface area contributed by atoms with Gasteiger partial charge >= 0.3 is 5.97 Å². The molecule has 1 aromatic heterocycles. The average Bonchev–Trinajstić information content (AvgIpc) is 2.79. The maximum atomic E-state index is 11.4. The summed E-state index contributed by atoms with van der Waals surface area (Å²) in [6, 6.07) is 9.26. The lowest BCUT2D eigenvalue weighted by Crippen LogP contribution is -2.11. The number of carbonyl (C=O) groups is 1. The van der Waals surface area contributed by atoms with Gasteiger partial charge in [-0.1, -0.05) is 37.3 Å². The largest absolute Gasteiger partial charge is 0.481 e. The minimum Gasteiger partial charge on any atom is -0.481 e. The van der Waals surface area contributed by atoms with Gasteiger partial charge in [-0.25, -0.2) is 4.98 Å². The molecule has 88 valence electrons. The Balaban J connectivity index is 2.39. The van der Waals surface area contributed by atoms with Crippen LogP contribution in [0.4, 0.5) is 0 Å². The number of nitrogens with zero attached hydrogens (tertiary/aromatic N) is 1. The van der Waals surface area contributed by atoms with Gasteiger partial charge in [-0.3, -0.25) is 4.79 Å². The molecule has 0 aliphatic heterocycles. The molecule has 0 spiro atoms. The van der Waals surface area contributed by atoms with E-state index >= 15 is 0 Å². The molecule has 4 heteroatoms. The Hall–Kier alpha value is -1.68. The quantitative estimate of drug-likeness (QED) is 0.903. The third-order valence-electron chi connectivity index (χ3n) is 2.54. The van der Waals surface area contributed by atoms with Crippen LogP contribution in [0.15, 0.2) is 36.5 Å². The van der Waals surface area contributed by atoms with E-state index in [-0.39, 0.29) is 0 Å². The van der Waals surface area contributed by atoms with Crippen LogP contribution < -0.4 is 0 Å². The topological polar surface area (TPSA) is 50.2 Å². The van der Waals surface area contributed by atoms with E-state index in [0.29, 0.717) is 0 Å². The lowest BCUT2D eigenvalue weighted by Gasteiger charge is -2.09. The van der Waals surface area contributed by atoms with Crippen molar-refractivity contribution in [3.05, 3.63) is 52.0 Å². The number of aromatic nitrogens is 1. The first-order chi connectivity index (χ1) is 8.22. The lowest BCUT2D eigenvalue weighted by atomic mass is 9.98. The standard InChI is InChI=1S/C13H13NO2S/c1-2-11-14-8-10(17-11)12(13(15)16)9-6-4-3-5-7-9/h3-8,12H,2H2,1H3,(H,15,16). The van der Waals surface area contributed by atoms with Gasteiger partial charge in [0, 0.05) is 11.1 Å². The third kappa shape index (κ3) is 2.53. The Morgan fingerprint density at radius 1 is 1.41 bits per heavy atom. The number of aliphatic carboxylic acids is 1. The summed E-state index contributed by atoms with van der Waals surface area (Å²) in [7, 11) is 0. The summed E-state index contributed by atoms with van der Waals surface area (Å²) in [6.45, 7) is 2.01. The van der Waals surface area contributed by atoms with E-state index in [0.717, 1.165) is 21.9 Å². The number of carboxylic acids is 1. The number of carboxylic acid groups (broad SMARTS) is 1. The van der Waals surface area contributed by atoms with Gasteiger partial charge in [0.2, 0.25) is 0 Å². The van der Waals surface area contributed by atoms with E-state index in [2.05, 4.69) is 4.98 Å². The van der Waals surface area contributed by atoms with Gasteiger partial charge in [0.25, 0.3) is 0 Å². The fourth-order valence-corrected chi connectivity index (χ4v) is 2.68. The molecule has 1 aromatic carbocycles. The molecule has 0 bridgehead atoms. The van der Waals surface area contributed by atoms with Crippen molar-refractivity contribution >= 4 is 17.3 Å². The van der Waals surface area contributed by atoms with E-state index in [1.165, 1.54) is 11.3 Å². The smallest absolute Gasteiger partial charge is 0.316 e. The number of aryl methyl sites for hydroxylation is 1. The first-order valence-electron chi connectivity index (χ1n) is 5.44. The van der Waals surface area contributed by atoms with Gasteiger partial charge < -0.3 is 5.11 Å². The van der Waals surface area contributed by atoms with Crippen LogP contribution >= 0.6 is 11.3 Å². The van der Waals surface area contributed by atoms with E-state index in [1.807, 2.05) is 37.3 Å². The molecule has 0 fully saturated rings. The van der Waals surface area contributed by atoms with Gasteiger partial charge in [-0.2, -0.15) is 0 Å². The van der Waals surface area contributed by atoms with E-state index in [9.17, 15) is 9.90 Å². The van der Waals surface area contributed by atoms with Crippen molar-refractivity contribution in [3.63, 3.8) is 0 Å². The molecule has 2 rings (SSSR count). The van der Waals surface area contributed by atoms with Gasteiger partial charge in [-0.05, 0) is 12.0 Å². The van der Waals surface area contributed by atoms with Crippen LogP contribution in [0.3, 0.4) is 0 Å². The molecule has 0 saturated carbocycles. The Morgan fingerprint density at radius 2 is 2.12 bits per heavy atom. The van der Waals surface area contributed by atoms with E-state index in [1.54, 1.807) is 6.20 Å².